The maximum absolute atomic E-state index is 13.1. The van der Waals surface area contributed by atoms with Crippen molar-refractivity contribution in [2.75, 3.05) is 25.5 Å². The van der Waals surface area contributed by atoms with Crippen LogP contribution in [-0.2, 0) is 0 Å². The highest BCUT2D eigenvalue weighted by molar-refractivity contribution is 6.30. The van der Waals surface area contributed by atoms with Crippen molar-refractivity contribution >= 4 is 17.3 Å². The molecule has 0 unspecified atom stereocenters. The van der Waals surface area contributed by atoms with Crippen LogP contribution < -0.4 is 5.32 Å². The van der Waals surface area contributed by atoms with Gasteiger partial charge < -0.3 is 10.2 Å². The van der Waals surface area contributed by atoms with Gasteiger partial charge in [0.05, 0.1) is 0 Å². The predicted octanol–water partition coefficient (Wildman–Crippen LogP) is 2.99. The number of anilines is 1. The minimum atomic E-state index is -0.289. The van der Waals surface area contributed by atoms with E-state index in [4.69, 9.17) is 11.6 Å². The third-order valence-electron chi connectivity index (χ3n) is 2.95. The molecule has 1 aromatic rings. The van der Waals surface area contributed by atoms with Crippen molar-refractivity contribution in [3.8, 4) is 0 Å². The van der Waals surface area contributed by atoms with Crippen molar-refractivity contribution < 1.29 is 4.39 Å². The topological polar surface area (TPSA) is 15.3 Å². The first-order valence-electron chi connectivity index (χ1n) is 5.54. The number of nitrogens with zero attached hydrogens (tertiary/aromatic N) is 1. The van der Waals surface area contributed by atoms with Crippen molar-refractivity contribution in [3.63, 3.8) is 0 Å². The summed E-state index contributed by atoms with van der Waals surface area (Å²) >= 11 is 5.80. The average Bonchev–Trinajstić information content (AvgIpc) is 2.20. The van der Waals surface area contributed by atoms with Gasteiger partial charge in [0.15, 0.2) is 0 Å². The second-order valence-corrected chi connectivity index (χ2v) is 4.82. The van der Waals surface area contributed by atoms with E-state index in [-0.39, 0.29) is 5.82 Å². The fourth-order valence-corrected chi connectivity index (χ4v) is 2.25. The van der Waals surface area contributed by atoms with Crippen molar-refractivity contribution in [2.45, 2.75) is 18.9 Å². The number of benzene rings is 1. The molecule has 4 heteroatoms. The maximum atomic E-state index is 13.1. The van der Waals surface area contributed by atoms with Crippen LogP contribution in [0.25, 0.3) is 0 Å². The first-order valence-corrected chi connectivity index (χ1v) is 5.92. The van der Waals surface area contributed by atoms with Crippen molar-refractivity contribution in [2.24, 2.45) is 0 Å². The van der Waals surface area contributed by atoms with E-state index < -0.39 is 0 Å². The Morgan fingerprint density at radius 3 is 2.62 bits per heavy atom. The van der Waals surface area contributed by atoms with Crippen LogP contribution in [0.5, 0.6) is 0 Å². The lowest BCUT2D eigenvalue weighted by Gasteiger charge is -2.30. The fraction of sp³-hybridized carbons (Fsp3) is 0.500. The van der Waals surface area contributed by atoms with Gasteiger partial charge in [-0.2, -0.15) is 0 Å². The first kappa shape index (κ1) is 11.7. The number of piperidine rings is 1. The first-order chi connectivity index (χ1) is 7.63. The molecule has 2 rings (SSSR count). The molecule has 0 bridgehead atoms. The molecule has 0 atom stereocenters. The smallest absolute Gasteiger partial charge is 0.126 e. The van der Waals surface area contributed by atoms with E-state index in [1.165, 1.54) is 12.1 Å². The molecule has 16 heavy (non-hydrogen) atoms. The van der Waals surface area contributed by atoms with Crippen molar-refractivity contribution in [1.82, 2.24) is 4.90 Å². The fourth-order valence-electron chi connectivity index (χ4n) is 2.03. The van der Waals surface area contributed by atoms with E-state index in [1.807, 2.05) is 0 Å². The zero-order chi connectivity index (χ0) is 11.5. The van der Waals surface area contributed by atoms with E-state index in [0.717, 1.165) is 31.6 Å². The predicted molar refractivity (Wildman–Crippen MR) is 65.6 cm³/mol. The number of hydrogen-bond acceptors (Lipinski definition) is 2. The van der Waals surface area contributed by atoms with E-state index in [0.29, 0.717) is 11.1 Å². The summed E-state index contributed by atoms with van der Waals surface area (Å²) in [6.07, 6.45) is 2.18. The number of rotatable bonds is 2. The van der Waals surface area contributed by atoms with E-state index in [9.17, 15) is 4.39 Å². The van der Waals surface area contributed by atoms with Gasteiger partial charge in [0.25, 0.3) is 0 Å². The van der Waals surface area contributed by atoms with Gasteiger partial charge in [0, 0.05) is 16.8 Å². The van der Waals surface area contributed by atoms with Crippen LogP contribution in [0, 0.1) is 5.82 Å². The molecule has 1 fully saturated rings. The minimum absolute atomic E-state index is 0.289. The Bertz CT molecular complexity index is 342. The van der Waals surface area contributed by atoms with Crippen molar-refractivity contribution in [1.29, 1.82) is 0 Å². The monoisotopic (exact) mass is 242 g/mol. The highest BCUT2D eigenvalue weighted by Gasteiger charge is 2.16. The van der Waals surface area contributed by atoms with Gasteiger partial charge in [-0.3, -0.25) is 0 Å². The van der Waals surface area contributed by atoms with Crippen LogP contribution >= 0.6 is 11.6 Å². The molecule has 2 nitrogen and oxygen atoms in total. The Kier molecular flexibility index (Phi) is 3.66. The number of halogens is 2. The van der Waals surface area contributed by atoms with Crippen LogP contribution in [0.15, 0.2) is 18.2 Å². The zero-order valence-corrected chi connectivity index (χ0v) is 10.1. The average molecular weight is 243 g/mol. The Balaban J connectivity index is 1.98. The van der Waals surface area contributed by atoms with Gasteiger partial charge in [-0.25, -0.2) is 4.39 Å². The Morgan fingerprint density at radius 1 is 1.31 bits per heavy atom. The Hall–Kier alpha value is -0.800. The largest absolute Gasteiger partial charge is 0.382 e. The maximum Gasteiger partial charge on any atom is 0.126 e. The molecule has 1 aromatic carbocycles. The van der Waals surface area contributed by atoms with Gasteiger partial charge in [0.2, 0.25) is 0 Å². The standard InChI is InChI=1S/C12H16ClFN2/c1-16-4-2-11(3-5-16)15-12-7-9(13)6-10(14)8-12/h6-8,11,15H,2-5H2,1H3. The highest BCUT2D eigenvalue weighted by Crippen LogP contribution is 2.21. The van der Waals surface area contributed by atoms with Gasteiger partial charge in [0.1, 0.15) is 5.82 Å². The van der Waals surface area contributed by atoms with E-state index in [1.54, 1.807) is 6.07 Å². The molecule has 0 radical (unpaired) electrons. The lowest BCUT2D eigenvalue weighted by molar-refractivity contribution is 0.264. The third kappa shape index (κ3) is 3.09. The lowest BCUT2D eigenvalue weighted by atomic mass is 10.1. The highest BCUT2D eigenvalue weighted by atomic mass is 35.5. The third-order valence-corrected chi connectivity index (χ3v) is 3.17. The van der Waals surface area contributed by atoms with E-state index >= 15 is 0 Å². The molecule has 0 saturated carbocycles. The molecule has 88 valence electrons. The number of likely N-dealkylation sites (tertiary alicyclic amines) is 1. The van der Waals surface area contributed by atoms with Gasteiger partial charge >= 0.3 is 0 Å². The van der Waals surface area contributed by atoms with Crippen LogP contribution in [0.1, 0.15) is 12.8 Å². The van der Waals surface area contributed by atoms with Gasteiger partial charge in [-0.1, -0.05) is 11.6 Å². The molecule has 0 aromatic heterocycles. The Labute approximate surface area is 100 Å². The molecule has 1 aliphatic rings. The summed E-state index contributed by atoms with van der Waals surface area (Å²) in [6.45, 7) is 2.17. The summed E-state index contributed by atoms with van der Waals surface area (Å²) in [5, 5.41) is 3.77. The number of hydrogen-bond donors (Lipinski definition) is 1. The normalized spacial score (nSPS) is 18.7. The molecule has 1 N–H and O–H groups in total. The summed E-state index contributed by atoms with van der Waals surface area (Å²) in [5.41, 5.74) is 0.777. The summed E-state index contributed by atoms with van der Waals surface area (Å²) in [5.74, 6) is -0.289. The quantitative estimate of drug-likeness (QED) is 0.858. The molecule has 1 saturated heterocycles. The minimum Gasteiger partial charge on any atom is -0.382 e. The second-order valence-electron chi connectivity index (χ2n) is 4.38. The van der Waals surface area contributed by atoms with Gasteiger partial charge in [-0.05, 0) is 51.2 Å². The molecule has 0 amide bonds. The molecule has 0 aliphatic carbocycles. The second kappa shape index (κ2) is 5.02. The van der Waals surface area contributed by atoms with Crippen LogP contribution in [0.3, 0.4) is 0 Å². The summed E-state index contributed by atoms with van der Waals surface area (Å²) in [7, 11) is 2.12. The SMILES string of the molecule is CN1CCC(Nc2cc(F)cc(Cl)c2)CC1. The van der Waals surface area contributed by atoms with E-state index in [2.05, 4.69) is 17.3 Å². The van der Waals surface area contributed by atoms with Crippen molar-refractivity contribution in [3.05, 3.63) is 29.0 Å². The summed E-state index contributed by atoms with van der Waals surface area (Å²) < 4.78 is 13.1. The molecule has 1 aliphatic heterocycles. The lowest BCUT2D eigenvalue weighted by Crippen LogP contribution is -2.36. The molecular formula is C12H16ClFN2. The zero-order valence-electron chi connectivity index (χ0n) is 9.34. The van der Waals surface area contributed by atoms with Crippen LogP contribution in [0.2, 0.25) is 5.02 Å². The molecular weight excluding hydrogens is 227 g/mol. The Morgan fingerprint density at radius 2 is 2.00 bits per heavy atom. The molecule has 0 spiro atoms. The molecule has 1 heterocycles. The summed E-state index contributed by atoms with van der Waals surface area (Å²) in [4.78, 5) is 2.30. The van der Waals surface area contributed by atoms with Gasteiger partial charge in [-0.15, -0.1) is 0 Å². The summed E-state index contributed by atoms with van der Waals surface area (Å²) in [6, 6.07) is 5.00. The van der Waals surface area contributed by atoms with Crippen LogP contribution in [-0.4, -0.2) is 31.1 Å². The number of nitrogens with one attached hydrogen (secondary N) is 1. The van der Waals surface area contributed by atoms with Crippen LogP contribution in [0.4, 0.5) is 10.1 Å².